The largest absolute Gasteiger partial charge is 0.367 e. The molecule has 0 amide bonds. The molecule has 1 saturated carbocycles. The van der Waals surface area contributed by atoms with Crippen LogP contribution >= 0.6 is 0 Å². The lowest BCUT2D eigenvalue weighted by atomic mass is 9.90. The van der Waals surface area contributed by atoms with E-state index in [4.69, 9.17) is 0 Å². The van der Waals surface area contributed by atoms with Crippen LogP contribution in [-0.4, -0.2) is 56.2 Å². The van der Waals surface area contributed by atoms with Crippen molar-refractivity contribution in [3.8, 4) is 11.1 Å². The van der Waals surface area contributed by atoms with Gasteiger partial charge in [0.05, 0.1) is 11.7 Å². The third-order valence-corrected chi connectivity index (χ3v) is 6.03. The normalized spacial score (nSPS) is 19.8. The van der Waals surface area contributed by atoms with Crippen LogP contribution in [0.15, 0.2) is 43.0 Å². The zero-order chi connectivity index (χ0) is 19.8. The van der Waals surface area contributed by atoms with E-state index < -0.39 is 0 Å². The summed E-state index contributed by atoms with van der Waals surface area (Å²) in [7, 11) is 4.35. The molecule has 3 aromatic heterocycles. The predicted octanol–water partition coefficient (Wildman–Crippen LogP) is 3.85. The summed E-state index contributed by atoms with van der Waals surface area (Å²) in [5, 5.41) is 12.7. The van der Waals surface area contributed by atoms with Crippen LogP contribution in [0.5, 0.6) is 0 Å². The van der Waals surface area contributed by atoms with Gasteiger partial charge in [-0.3, -0.25) is 5.10 Å². The van der Waals surface area contributed by atoms with Crippen LogP contribution in [0.25, 0.3) is 33.1 Å². The highest BCUT2D eigenvalue weighted by Crippen LogP contribution is 2.30. The number of aromatic amines is 1. The van der Waals surface area contributed by atoms with Gasteiger partial charge in [0.2, 0.25) is 0 Å². The van der Waals surface area contributed by atoms with Crippen molar-refractivity contribution in [2.24, 2.45) is 0 Å². The highest BCUT2D eigenvalue weighted by Gasteiger charge is 2.23. The van der Waals surface area contributed by atoms with Gasteiger partial charge in [0.15, 0.2) is 5.65 Å². The second-order valence-electron chi connectivity index (χ2n) is 8.10. The monoisotopic (exact) mass is 387 g/mol. The minimum absolute atomic E-state index is 0.455. The first-order valence-electron chi connectivity index (χ1n) is 10.1. The molecule has 7 nitrogen and oxygen atoms in total. The summed E-state index contributed by atoms with van der Waals surface area (Å²) >= 11 is 0. The van der Waals surface area contributed by atoms with Crippen LogP contribution < -0.4 is 5.32 Å². The van der Waals surface area contributed by atoms with Crippen molar-refractivity contribution in [2.45, 2.75) is 37.8 Å². The number of aromatic nitrogens is 5. The Bertz CT molecular complexity index is 1140. The highest BCUT2D eigenvalue weighted by atomic mass is 15.1. The minimum atomic E-state index is 0.455. The first kappa shape index (κ1) is 18.0. The molecular weight excluding hydrogens is 362 g/mol. The molecule has 0 unspecified atom stereocenters. The third kappa shape index (κ3) is 3.53. The molecule has 3 heterocycles. The Morgan fingerprint density at radius 3 is 2.66 bits per heavy atom. The van der Waals surface area contributed by atoms with Gasteiger partial charge in [-0.2, -0.15) is 5.10 Å². The van der Waals surface area contributed by atoms with Crippen molar-refractivity contribution in [3.63, 3.8) is 0 Å². The summed E-state index contributed by atoms with van der Waals surface area (Å²) in [6, 6.07) is 9.55. The van der Waals surface area contributed by atoms with Crippen molar-refractivity contribution in [3.05, 3.63) is 43.0 Å². The molecule has 5 rings (SSSR count). The fraction of sp³-hybridized carbons (Fsp3) is 0.364. The number of nitrogens with one attached hydrogen (secondary N) is 2. The molecule has 0 spiro atoms. The van der Waals surface area contributed by atoms with Gasteiger partial charge in [0.1, 0.15) is 12.1 Å². The van der Waals surface area contributed by atoms with E-state index in [9.17, 15) is 0 Å². The number of rotatable bonds is 4. The van der Waals surface area contributed by atoms with Gasteiger partial charge in [0.25, 0.3) is 0 Å². The van der Waals surface area contributed by atoms with E-state index in [1.807, 2.05) is 6.20 Å². The Morgan fingerprint density at radius 2 is 1.83 bits per heavy atom. The van der Waals surface area contributed by atoms with Crippen LogP contribution in [0.1, 0.15) is 25.7 Å². The predicted molar refractivity (Wildman–Crippen MR) is 116 cm³/mol. The molecule has 1 aromatic carbocycles. The lowest BCUT2D eigenvalue weighted by Crippen LogP contribution is -2.36. The van der Waals surface area contributed by atoms with Gasteiger partial charge in [-0.25, -0.2) is 15.0 Å². The molecule has 1 aliphatic rings. The molecule has 29 heavy (non-hydrogen) atoms. The van der Waals surface area contributed by atoms with Crippen LogP contribution in [0.2, 0.25) is 0 Å². The van der Waals surface area contributed by atoms with Crippen LogP contribution in [0.4, 0.5) is 5.82 Å². The smallest absolute Gasteiger partial charge is 0.155 e. The molecule has 0 saturated heterocycles. The molecule has 1 aliphatic carbocycles. The topological polar surface area (TPSA) is 82.6 Å². The number of anilines is 1. The van der Waals surface area contributed by atoms with Gasteiger partial charge in [-0.05, 0) is 63.5 Å². The van der Waals surface area contributed by atoms with Crippen molar-refractivity contribution in [1.29, 1.82) is 0 Å². The van der Waals surface area contributed by atoms with E-state index in [1.54, 1.807) is 12.5 Å². The molecular formula is C22H25N7. The Kier molecular flexibility index (Phi) is 4.60. The number of hydrogen-bond acceptors (Lipinski definition) is 6. The van der Waals surface area contributed by atoms with E-state index in [-0.39, 0.29) is 0 Å². The van der Waals surface area contributed by atoms with Crippen LogP contribution in [0, 0.1) is 0 Å². The number of fused-ring (bicyclic) bond motifs is 2. The third-order valence-electron chi connectivity index (χ3n) is 6.03. The van der Waals surface area contributed by atoms with Crippen LogP contribution in [0.3, 0.4) is 0 Å². The summed E-state index contributed by atoms with van der Waals surface area (Å²) < 4.78 is 0. The average molecular weight is 387 g/mol. The molecule has 4 aromatic rings. The quantitative estimate of drug-likeness (QED) is 0.553. The standard InChI is InChI=1S/C22H25N7/c1-29(2)18-6-4-17(5-7-18)27-22-19-10-14(3-8-20(19)24-13-25-22)15-9-16-12-26-28-21(16)23-11-15/h3,8-13,17-18H,4-7H2,1-2H3,(H,23,26,28)(H,24,25,27)/t17-,18-. The van der Waals surface area contributed by atoms with Crippen molar-refractivity contribution in [1.82, 2.24) is 30.0 Å². The summed E-state index contributed by atoms with van der Waals surface area (Å²) in [5.74, 6) is 0.919. The Labute approximate surface area is 169 Å². The Morgan fingerprint density at radius 1 is 0.966 bits per heavy atom. The molecule has 0 bridgehead atoms. The van der Waals surface area contributed by atoms with Gasteiger partial charge in [0, 0.05) is 34.6 Å². The zero-order valence-corrected chi connectivity index (χ0v) is 16.8. The van der Waals surface area contributed by atoms with Crippen molar-refractivity contribution >= 4 is 27.8 Å². The lowest BCUT2D eigenvalue weighted by Gasteiger charge is -2.33. The van der Waals surface area contributed by atoms with Crippen molar-refractivity contribution in [2.75, 3.05) is 19.4 Å². The van der Waals surface area contributed by atoms with Gasteiger partial charge >= 0.3 is 0 Å². The second kappa shape index (κ2) is 7.40. The molecule has 0 radical (unpaired) electrons. The summed E-state index contributed by atoms with van der Waals surface area (Å²) in [5.41, 5.74) is 3.91. The zero-order valence-electron chi connectivity index (χ0n) is 16.8. The summed E-state index contributed by atoms with van der Waals surface area (Å²) in [4.78, 5) is 15.8. The Hall–Kier alpha value is -3.06. The molecule has 0 atom stereocenters. The molecule has 148 valence electrons. The van der Waals surface area contributed by atoms with Crippen molar-refractivity contribution < 1.29 is 0 Å². The van der Waals surface area contributed by atoms with Gasteiger partial charge in [-0.1, -0.05) is 6.07 Å². The first-order chi connectivity index (χ1) is 14.2. The lowest BCUT2D eigenvalue weighted by molar-refractivity contribution is 0.221. The molecule has 1 fully saturated rings. The number of hydrogen-bond donors (Lipinski definition) is 2. The van der Waals surface area contributed by atoms with E-state index in [0.717, 1.165) is 51.7 Å². The van der Waals surface area contributed by atoms with E-state index in [0.29, 0.717) is 12.1 Å². The SMILES string of the molecule is CN(C)[C@H]1CC[C@H](Nc2ncnc3ccc(-c4cnc5[nH]ncc5c4)cc23)CC1. The second-order valence-corrected chi connectivity index (χ2v) is 8.10. The highest BCUT2D eigenvalue weighted by molar-refractivity contribution is 5.93. The fourth-order valence-electron chi connectivity index (χ4n) is 4.28. The first-order valence-corrected chi connectivity index (χ1v) is 10.1. The number of nitrogens with zero attached hydrogens (tertiary/aromatic N) is 5. The number of pyridine rings is 1. The maximum atomic E-state index is 4.57. The number of H-pyrrole nitrogens is 1. The minimum Gasteiger partial charge on any atom is -0.367 e. The van der Waals surface area contributed by atoms with Crippen LogP contribution in [-0.2, 0) is 0 Å². The Balaban J connectivity index is 1.44. The fourth-order valence-corrected chi connectivity index (χ4v) is 4.28. The van der Waals surface area contributed by atoms with Gasteiger partial charge < -0.3 is 10.2 Å². The maximum Gasteiger partial charge on any atom is 0.155 e. The van der Waals surface area contributed by atoms with E-state index in [1.165, 1.54) is 12.8 Å². The average Bonchev–Trinajstić information content (AvgIpc) is 3.22. The maximum absolute atomic E-state index is 4.57. The van der Waals surface area contributed by atoms with E-state index in [2.05, 4.69) is 73.7 Å². The molecule has 7 heteroatoms. The van der Waals surface area contributed by atoms with Gasteiger partial charge in [-0.15, -0.1) is 0 Å². The van der Waals surface area contributed by atoms with E-state index >= 15 is 0 Å². The molecule has 2 N–H and O–H groups in total. The molecule has 0 aliphatic heterocycles. The summed E-state index contributed by atoms with van der Waals surface area (Å²) in [6.45, 7) is 0. The number of benzene rings is 1. The summed E-state index contributed by atoms with van der Waals surface area (Å²) in [6.07, 6.45) is 10.1.